The Morgan fingerprint density at radius 3 is 2.50 bits per heavy atom. The quantitative estimate of drug-likeness (QED) is 0.672. The van der Waals surface area contributed by atoms with Crippen molar-refractivity contribution in [1.29, 1.82) is 0 Å². The van der Waals surface area contributed by atoms with Crippen molar-refractivity contribution in [3.8, 4) is 5.75 Å². The molecule has 2 aromatic heterocycles. The highest BCUT2D eigenvalue weighted by Crippen LogP contribution is 2.15. The molecular formula is C19H18N2O3. The third-order valence-corrected chi connectivity index (χ3v) is 3.54. The first-order valence-electron chi connectivity index (χ1n) is 7.67. The normalized spacial score (nSPS) is 11.1. The van der Waals surface area contributed by atoms with Crippen molar-refractivity contribution >= 4 is 23.8 Å². The number of methoxy groups -OCH3 is 1. The molecular weight excluding hydrogens is 304 g/mol. The molecule has 0 saturated carbocycles. The number of aromatic nitrogens is 2. The largest absolute Gasteiger partial charge is 0.497 e. The van der Waals surface area contributed by atoms with Crippen molar-refractivity contribution in [3.63, 3.8) is 0 Å². The highest BCUT2D eigenvalue weighted by Gasteiger charge is 2.11. The van der Waals surface area contributed by atoms with Gasteiger partial charge in [0.15, 0.2) is 5.69 Å². The Morgan fingerprint density at radius 2 is 1.79 bits per heavy atom. The lowest BCUT2D eigenvalue weighted by Gasteiger charge is -1.99. The molecule has 5 nitrogen and oxygen atoms in total. The predicted molar refractivity (Wildman–Crippen MR) is 93.1 cm³/mol. The molecule has 2 heterocycles. The van der Waals surface area contributed by atoms with Crippen LogP contribution in [0.4, 0.5) is 0 Å². The van der Waals surface area contributed by atoms with Gasteiger partial charge in [-0.1, -0.05) is 24.3 Å². The molecule has 0 unspecified atom stereocenters. The monoisotopic (exact) mass is 322 g/mol. The molecule has 0 aliphatic rings. The average molecular weight is 322 g/mol. The predicted octanol–water partition coefficient (Wildman–Crippen LogP) is 3.69. The Kier molecular flexibility index (Phi) is 4.61. The number of pyridine rings is 1. The Bertz CT molecular complexity index is 879. The Balaban J connectivity index is 1.81. The maximum Gasteiger partial charge on any atom is 0.358 e. The van der Waals surface area contributed by atoms with Gasteiger partial charge in [-0.15, -0.1) is 0 Å². The lowest BCUT2D eigenvalue weighted by molar-refractivity contribution is 0.0520. The summed E-state index contributed by atoms with van der Waals surface area (Å²) in [6.07, 6.45) is 7.62. The van der Waals surface area contributed by atoms with Crippen LogP contribution in [0.1, 0.15) is 28.5 Å². The standard InChI is InChI=1S/C19H18N2O3/c1-3-24-19(22)17-13-21-12-15(8-11-18(21)20-17)5-4-14-6-9-16(23-2)10-7-14/h4-13H,3H2,1-2H3. The topological polar surface area (TPSA) is 52.8 Å². The molecule has 0 radical (unpaired) electrons. The fourth-order valence-electron chi connectivity index (χ4n) is 2.32. The summed E-state index contributed by atoms with van der Waals surface area (Å²) in [6.45, 7) is 2.11. The SMILES string of the molecule is CCOC(=O)c1cn2cc(C=Cc3ccc(OC)cc3)ccc2n1. The molecule has 0 fully saturated rings. The van der Waals surface area contributed by atoms with Crippen LogP contribution in [0.5, 0.6) is 5.75 Å². The molecule has 0 spiro atoms. The molecule has 3 rings (SSSR count). The molecule has 0 amide bonds. The molecule has 0 atom stereocenters. The molecule has 0 aliphatic heterocycles. The van der Waals surface area contributed by atoms with Crippen molar-refractivity contribution in [2.75, 3.05) is 13.7 Å². The van der Waals surface area contributed by atoms with Crippen LogP contribution in [0.3, 0.4) is 0 Å². The van der Waals surface area contributed by atoms with Gasteiger partial charge in [-0.3, -0.25) is 0 Å². The molecule has 3 aromatic rings. The maximum absolute atomic E-state index is 11.7. The zero-order valence-electron chi connectivity index (χ0n) is 13.6. The van der Waals surface area contributed by atoms with Crippen LogP contribution >= 0.6 is 0 Å². The smallest absolute Gasteiger partial charge is 0.358 e. The van der Waals surface area contributed by atoms with E-state index < -0.39 is 5.97 Å². The van der Waals surface area contributed by atoms with Crippen molar-refractivity contribution < 1.29 is 14.3 Å². The fourth-order valence-corrected chi connectivity index (χ4v) is 2.32. The lowest BCUT2D eigenvalue weighted by Crippen LogP contribution is -2.04. The van der Waals surface area contributed by atoms with E-state index >= 15 is 0 Å². The molecule has 24 heavy (non-hydrogen) atoms. The number of ether oxygens (including phenoxy) is 2. The van der Waals surface area contributed by atoms with E-state index in [2.05, 4.69) is 4.98 Å². The molecule has 0 saturated heterocycles. The van der Waals surface area contributed by atoms with Gasteiger partial charge in [0, 0.05) is 12.4 Å². The van der Waals surface area contributed by atoms with Crippen molar-refractivity contribution in [2.45, 2.75) is 6.92 Å². The fraction of sp³-hybridized carbons (Fsp3) is 0.158. The minimum atomic E-state index is -0.406. The van der Waals surface area contributed by atoms with Gasteiger partial charge in [0.05, 0.1) is 13.7 Å². The van der Waals surface area contributed by atoms with Crippen molar-refractivity contribution in [3.05, 3.63) is 65.6 Å². The molecule has 0 aliphatic carbocycles. The second kappa shape index (κ2) is 7.00. The third-order valence-electron chi connectivity index (χ3n) is 3.54. The van der Waals surface area contributed by atoms with E-state index in [1.165, 1.54) is 0 Å². The van der Waals surface area contributed by atoms with E-state index in [9.17, 15) is 4.79 Å². The van der Waals surface area contributed by atoms with E-state index in [4.69, 9.17) is 9.47 Å². The summed E-state index contributed by atoms with van der Waals surface area (Å²) in [4.78, 5) is 16.0. The van der Waals surface area contributed by atoms with Gasteiger partial charge < -0.3 is 13.9 Å². The van der Waals surface area contributed by atoms with Crippen LogP contribution in [-0.4, -0.2) is 29.1 Å². The van der Waals surface area contributed by atoms with Gasteiger partial charge in [-0.05, 0) is 42.3 Å². The number of benzene rings is 1. The number of fused-ring (bicyclic) bond motifs is 1. The third kappa shape index (κ3) is 3.46. The number of imidazole rings is 1. The van der Waals surface area contributed by atoms with Crippen LogP contribution in [0.25, 0.3) is 17.8 Å². The van der Waals surface area contributed by atoms with Gasteiger partial charge in [0.1, 0.15) is 11.4 Å². The van der Waals surface area contributed by atoms with Crippen LogP contribution < -0.4 is 4.74 Å². The number of hydrogen-bond acceptors (Lipinski definition) is 4. The highest BCUT2D eigenvalue weighted by atomic mass is 16.5. The highest BCUT2D eigenvalue weighted by molar-refractivity contribution is 5.88. The first-order chi connectivity index (χ1) is 11.7. The lowest BCUT2D eigenvalue weighted by atomic mass is 10.1. The number of esters is 1. The number of nitrogens with zero attached hydrogens (tertiary/aromatic N) is 2. The summed E-state index contributed by atoms with van der Waals surface area (Å²) >= 11 is 0. The van der Waals surface area contributed by atoms with Crippen LogP contribution in [-0.2, 0) is 4.74 Å². The number of hydrogen-bond donors (Lipinski definition) is 0. The molecule has 0 bridgehead atoms. The van der Waals surface area contributed by atoms with Crippen LogP contribution in [0.2, 0.25) is 0 Å². The van der Waals surface area contributed by atoms with E-state index in [1.807, 2.05) is 59.1 Å². The Morgan fingerprint density at radius 1 is 1.08 bits per heavy atom. The van der Waals surface area contributed by atoms with Gasteiger partial charge in [0.2, 0.25) is 0 Å². The summed E-state index contributed by atoms with van der Waals surface area (Å²) in [6, 6.07) is 11.6. The van der Waals surface area contributed by atoms with E-state index in [0.717, 1.165) is 16.9 Å². The zero-order valence-corrected chi connectivity index (χ0v) is 13.6. The van der Waals surface area contributed by atoms with E-state index in [-0.39, 0.29) is 0 Å². The summed E-state index contributed by atoms with van der Waals surface area (Å²) in [7, 11) is 1.65. The molecule has 1 aromatic carbocycles. The van der Waals surface area contributed by atoms with Crippen LogP contribution in [0.15, 0.2) is 48.8 Å². The second-order valence-electron chi connectivity index (χ2n) is 5.18. The summed E-state index contributed by atoms with van der Waals surface area (Å²) in [5, 5.41) is 0. The van der Waals surface area contributed by atoms with Crippen molar-refractivity contribution in [2.24, 2.45) is 0 Å². The second-order valence-corrected chi connectivity index (χ2v) is 5.18. The Labute approximate surface area is 140 Å². The number of rotatable bonds is 5. The van der Waals surface area contributed by atoms with Gasteiger partial charge in [0.25, 0.3) is 0 Å². The van der Waals surface area contributed by atoms with Crippen LogP contribution in [0, 0.1) is 0 Å². The average Bonchev–Trinajstić information content (AvgIpc) is 3.04. The minimum Gasteiger partial charge on any atom is -0.497 e. The van der Waals surface area contributed by atoms with Crippen molar-refractivity contribution in [1.82, 2.24) is 9.38 Å². The van der Waals surface area contributed by atoms with Gasteiger partial charge in [-0.2, -0.15) is 0 Å². The van der Waals surface area contributed by atoms with Gasteiger partial charge in [-0.25, -0.2) is 9.78 Å². The summed E-state index contributed by atoms with van der Waals surface area (Å²) in [5.41, 5.74) is 3.10. The maximum atomic E-state index is 11.7. The van der Waals surface area contributed by atoms with E-state index in [1.54, 1.807) is 20.2 Å². The number of carbonyl (C=O) groups is 1. The molecule has 122 valence electrons. The first-order valence-corrected chi connectivity index (χ1v) is 7.67. The summed E-state index contributed by atoms with van der Waals surface area (Å²) < 4.78 is 11.9. The zero-order chi connectivity index (χ0) is 16.9. The number of carbonyl (C=O) groups excluding carboxylic acids is 1. The molecule has 0 N–H and O–H groups in total. The molecule has 5 heteroatoms. The minimum absolute atomic E-state index is 0.313. The van der Waals surface area contributed by atoms with E-state index in [0.29, 0.717) is 17.9 Å². The first kappa shape index (κ1) is 15.8. The Hall–Kier alpha value is -3.08. The summed E-state index contributed by atoms with van der Waals surface area (Å²) in [5.74, 6) is 0.426. The van der Waals surface area contributed by atoms with Gasteiger partial charge >= 0.3 is 5.97 Å².